The van der Waals surface area contributed by atoms with E-state index in [0.29, 0.717) is 6.04 Å². The van der Waals surface area contributed by atoms with Crippen LogP contribution < -0.4 is 5.32 Å². The summed E-state index contributed by atoms with van der Waals surface area (Å²) < 4.78 is 0. The van der Waals surface area contributed by atoms with E-state index in [1.54, 1.807) is 0 Å². The summed E-state index contributed by atoms with van der Waals surface area (Å²) in [5.74, 6) is 3.19. The van der Waals surface area contributed by atoms with Crippen LogP contribution in [0.5, 0.6) is 0 Å². The molecule has 0 amide bonds. The Morgan fingerprint density at radius 1 is 1.46 bits per heavy atom. The van der Waals surface area contributed by atoms with Crippen LogP contribution >= 0.6 is 11.8 Å². The normalized spacial score (nSPS) is 21.8. The average molecular weight is 195 g/mol. The van der Waals surface area contributed by atoms with E-state index in [2.05, 4.69) is 15.3 Å². The van der Waals surface area contributed by atoms with Gasteiger partial charge in [0.25, 0.3) is 0 Å². The molecule has 1 aliphatic rings. The minimum Gasteiger partial charge on any atom is -0.351 e. The van der Waals surface area contributed by atoms with Crippen molar-refractivity contribution in [2.75, 3.05) is 16.8 Å². The van der Waals surface area contributed by atoms with Crippen molar-refractivity contribution in [1.82, 2.24) is 9.97 Å². The van der Waals surface area contributed by atoms with E-state index in [1.165, 1.54) is 17.9 Å². The first-order valence-electron chi connectivity index (χ1n) is 4.47. The third-order valence-electron chi connectivity index (χ3n) is 2.04. The van der Waals surface area contributed by atoms with Crippen LogP contribution in [0.2, 0.25) is 0 Å². The van der Waals surface area contributed by atoms with Gasteiger partial charge in [-0.05, 0) is 24.7 Å². The highest BCUT2D eigenvalue weighted by Crippen LogP contribution is 2.19. The van der Waals surface area contributed by atoms with E-state index in [-0.39, 0.29) is 0 Å². The van der Waals surface area contributed by atoms with Gasteiger partial charge in [-0.2, -0.15) is 11.8 Å². The minimum atomic E-state index is 0.563. The molecule has 13 heavy (non-hydrogen) atoms. The summed E-state index contributed by atoms with van der Waals surface area (Å²) in [6.07, 6.45) is 4.91. The Bertz CT molecular complexity index is 267. The molecule has 0 aliphatic carbocycles. The minimum absolute atomic E-state index is 0.563. The lowest BCUT2D eigenvalue weighted by Crippen LogP contribution is -2.19. The first kappa shape index (κ1) is 8.81. The topological polar surface area (TPSA) is 37.8 Å². The fraction of sp³-hybridized carbons (Fsp3) is 0.556. The van der Waals surface area contributed by atoms with Gasteiger partial charge in [-0.25, -0.2) is 9.97 Å². The van der Waals surface area contributed by atoms with E-state index in [4.69, 9.17) is 0 Å². The van der Waals surface area contributed by atoms with Crippen LogP contribution in [0, 0.1) is 6.92 Å². The quantitative estimate of drug-likeness (QED) is 0.779. The molecule has 3 nitrogen and oxygen atoms in total. The Morgan fingerprint density at radius 2 is 2.23 bits per heavy atom. The van der Waals surface area contributed by atoms with Crippen molar-refractivity contribution in [3.8, 4) is 0 Å². The first-order chi connectivity index (χ1) is 6.34. The van der Waals surface area contributed by atoms with E-state index in [1.807, 2.05) is 31.1 Å². The maximum absolute atomic E-state index is 4.21. The molecule has 70 valence electrons. The summed E-state index contributed by atoms with van der Waals surface area (Å²) in [5, 5.41) is 3.32. The van der Waals surface area contributed by atoms with Gasteiger partial charge in [-0.3, -0.25) is 0 Å². The predicted octanol–water partition coefficient (Wildman–Crippen LogP) is 1.70. The largest absolute Gasteiger partial charge is 0.351 e. The van der Waals surface area contributed by atoms with Crippen LogP contribution in [0.4, 0.5) is 5.95 Å². The summed E-state index contributed by atoms with van der Waals surface area (Å²) in [6.45, 7) is 2.00. The zero-order chi connectivity index (χ0) is 9.10. The van der Waals surface area contributed by atoms with Crippen molar-refractivity contribution >= 4 is 17.7 Å². The Labute approximate surface area is 82.4 Å². The molecule has 0 saturated carbocycles. The molecule has 0 radical (unpaired) electrons. The highest BCUT2D eigenvalue weighted by atomic mass is 32.2. The van der Waals surface area contributed by atoms with E-state index in [9.17, 15) is 0 Å². The van der Waals surface area contributed by atoms with Gasteiger partial charge < -0.3 is 5.32 Å². The first-order valence-corrected chi connectivity index (χ1v) is 5.63. The van der Waals surface area contributed by atoms with Gasteiger partial charge >= 0.3 is 0 Å². The van der Waals surface area contributed by atoms with Crippen molar-refractivity contribution in [3.05, 3.63) is 18.0 Å². The highest BCUT2D eigenvalue weighted by Gasteiger charge is 2.15. The molecular weight excluding hydrogens is 182 g/mol. The summed E-state index contributed by atoms with van der Waals surface area (Å²) in [5.41, 5.74) is 1.10. The maximum Gasteiger partial charge on any atom is 0.222 e. The number of nitrogens with zero attached hydrogens (tertiary/aromatic N) is 2. The summed E-state index contributed by atoms with van der Waals surface area (Å²) in [4.78, 5) is 8.42. The molecule has 0 aromatic carbocycles. The number of aromatic nitrogens is 2. The fourth-order valence-electron chi connectivity index (χ4n) is 1.30. The van der Waals surface area contributed by atoms with Gasteiger partial charge in [-0.15, -0.1) is 0 Å². The monoisotopic (exact) mass is 195 g/mol. The number of aryl methyl sites for hydroxylation is 1. The third-order valence-corrected chi connectivity index (χ3v) is 3.21. The predicted molar refractivity (Wildman–Crippen MR) is 56.1 cm³/mol. The summed E-state index contributed by atoms with van der Waals surface area (Å²) in [6, 6.07) is 0.563. The fourth-order valence-corrected chi connectivity index (χ4v) is 2.45. The van der Waals surface area contributed by atoms with Gasteiger partial charge in [0.2, 0.25) is 5.95 Å². The van der Waals surface area contributed by atoms with Crippen LogP contribution in [0.3, 0.4) is 0 Å². The van der Waals surface area contributed by atoms with Gasteiger partial charge in [0.1, 0.15) is 0 Å². The molecule has 1 unspecified atom stereocenters. The average Bonchev–Trinajstić information content (AvgIpc) is 2.62. The standard InChI is InChI=1S/C9H13N3S/c1-7-4-10-9(11-5-7)12-8-2-3-13-6-8/h4-5,8H,2-3,6H2,1H3,(H,10,11,12). The van der Waals surface area contributed by atoms with Gasteiger partial charge in [-0.1, -0.05) is 0 Å². The maximum atomic E-state index is 4.21. The van der Waals surface area contributed by atoms with Crippen molar-refractivity contribution < 1.29 is 0 Å². The number of nitrogens with one attached hydrogen (secondary N) is 1. The molecule has 1 aliphatic heterocycles. The second-order valence-electron chi connectivity index (χ2n) is 3.29. The number of hydrogen-bond acceptors (Lipinski definition) is 4. The molecule has 1 aromatic heterocycles. The Kier molecular flexibility index (Phi) is 2.68. The molecule has 1 fully saturated rings. The molecule has 1 aromatic rings. The number of hydrogen-bond donors (Lipinski definition) is 1. The SMILES string of the molecule is Cc1cnc(NC2CCSC2)nc1. The van der Waals surface area contributed by atoms with E-state index in [0.717, 1.165) is 11.5 Å². The molecule has 0 bridgehead atoms. The Morgan fingerprint density at radius 3 is 2.85 bits per heavy atom. The van der Waals surface area contributed by atoms with Crippen LogP contribution in [-0.2, 0) is 0 Å². The molecule has 1 atom stereocenters. The van der Waals surface area contributed by atoms with Crippen LogP contribution in [-0.4, -0.2) is 27.5 Å². The summed E-state index contributed by atoms with van der Waals surface area (Å²) >= 11 is 1.99. The molecule has 4 heteroatoms. The molecule has 1 saturated heterocycles. The molecule has 2 rings (SSSR count). The zero-order valence-electron chi connectivity index (χ0n) is 7.66. The summed E-state index contributed by atoms with van der Waals surface area (Å²) in [7, 11) is 0. The van der Waals surface area contributed by atoms with Crippen molar-refractivity contribution in [1.29, 1.82) is 0 Å². The van der Waals surface area contributed by atoms with Gasteiger partial charge in [0.15, 0.2) is 0 Å². The number of thioether (sulfide) groups is 1. The van der Waals surface area contributed by atoms with Crippen molar-refractivity contribution in [2.24, 2.45) is 0 Å². The lowest BCUT2D eigenvalue weighted by Gasteiger charge is -2.10. The Balaban J connectivity index is 1.97. The Hall–Kier alpha value is -0.770. The highest BCUT2D eigenvalue weighted by molar-refractivity contribution is 7.99. The molecule has 1 N–H and O–H groups in total. The van der Waals surface area contributed by atoms with Gasteiger partial charge in [0.05, 0.1) is 0 Å². The molecule has 0 spiro atoms. The van der Waals surface area contributed by atoms with Crippen LogP contribution in [0.25, 0.3) is 0 Å². The second kappa shape index (κ2) is 3.96. The van der Waals surface area contributed by atoms with Crippen LogP contribution in [0.15, 0.2) is 12.4 Å². The smallest absolute Gasteiger partial charge is 0.222 e. The lowest BCUT2D eigenvalue weighted by molar-refractivity contribution is 0.797. The number of anilines is 1. The van der Waals surface area contributed by atoms with Crippen molar-refractivity contribution in [3.63, 3.8) is 0 Å². The molecular formula is C9H13N3S. The second-order valence-corrected chi connectivity index (χ2v) is 4.44. The van der Waals surface area contributed by atoms with E-state index < -0.39 is 0 Å². The van der Waals surface area contributed by atoms with Gasteiger partial charge in [0, 0.05) is 24.2 Å². The zero-order valence-corrected chi connectivity index (χ0v) is 8.47. The van der Waals surface area contributed by atoms with E-state index >= 15 is 0 Å². The third kappa shape index (κ3) is 2.34. The lowest BCUT2D eigenvalue weighted by atomic mass is 10.3. The van der Waals surface area contributed by atoms with Crippen molar-refractivity contribution in [2.45, 2.75) is 19.4 Å². The van der Waals surface area contributed by atoms with Crippen LogP contribution in [0.1, 0.15) is 12.0 Å². The molecule has 2 heterocycles. The number of rotatable bonds is 2.